The lowest BCUT2D eigenvalue weighted by atomic mass is 10.1. The molecule has 0 atom stereocenters. The van der Waals surface area contributed by atoms with Crippen LogP contribution in [0.3, 0.4) is 0 Å². The molecule has 0 amide bonds. The van der Waals surface area contributed by atoms with E-state index < -0.39 is 45.3 Å². The number of benzene rings is 1. The third kappa shape index (κ3) is 3.33. The van der Waals surface area contributed by atoms with Gasteiger partial charge < -0.3 is 5.84 Å². The van der Waals surface area contributed by atoms with Crippen LogP contribution in [0, 0.1) is 0 Å². The van der Waals surface area contributed by atoms with Gasteiger partial charge in [-0.25, -0.2) is 14.0 Å². The minimum absolute atomic E-state index is 0.0688. The lowest BCUT2D eigenvalue weighted by Gasteiger charge is -2.29. The van der Waals surface area contributed by atoms with Crippen LogP contribution in [0.1, 0.15) is 5.69 Å². The van der Waals surface area contributed by atoms with E-state index in [9.17, 15) is 40.3 Å². The number of nitrogens with two attached hydrogens (primary N) is 1. The Balaban J connectivity index is 2.80. The summed E-state index contributed by atoms with van der Waals surface area (Å²) >= 11 is 17.1. The standard InChI is InChI=1S/C13H5Cl3F7N3O2/c14-5-1-4(2-6(15)9(5)16)25-8(27)3-7(26(24)10(25)28)11(17,18)12(19,20)13(21,22)23/h1-3H,24H2. The molecular formula is C13H5Cl3F7N3O2. The molecule has 0 fully saturated rings. The topological polar surface area (TPSA) is 70.0 Å². The van der Waals surface area contributed by atoms with E-state index in [0.717, 1.165) is 12.1 Å². The lowest BCUT2D eigenvalue weighted by molar-refractivity contribution is -0.361. The van der Waals surface area contributed by atoms with E-state index in [4.69, 9.17) is 40.6 Å². The van der Waals surface area contributed by atoms with E-state index >= 15 is 0 Å². The van der Waals surface area contributed by atoms with Gasteiger partial charge >= 0.3 is 23.7 Å². The highest BCUT2D eigenvalue weighted by molar-refractivity contribution is 6.48. The van der Waals surface area contributed by atoms with Crippen LogP contribution in [-0.2, 0) is 5.92 Å². The van der Waals surface area contributed by atoms with Gasteiger partial charge in [0.05, 0.1) is 20.8 Å². The fourth-order valence-electron chi connectivity index (χ4n) is 2.05. The van der Waals surface area contributed by atoms with E-state index in [-0.39, 0.29) is 25.7 Å². The van der Waals surface area contributed by atoms with E-state index in [0.29, 0.717) is 0 Å². The van der Waals surface area contributed by atoms with Crippen molar-refractivity contribution < 1.29 is 30.7 Å². The van der Waals surface area contributed by atoms with Crippen molar-refractivity contribution >= 4 is 34.8 Å². The third-order valence-corrected chi connectivity index (χ3v) is 4.63. The number of nitrogen functional groups attached to an aromatic ring is 1. The number of alkyl halides is 7. The number of halogens is 10. The number of hydrogen-bond acceptors (Lipinski definition) is 3. The van der Waals surface area contributed by atoms with Crippen LogP contribution in [0.4, 0.5) is 30.7 Å². The zero-order valence-electron chi connectivity index (χ0n) is 12.8. The molecule has 0 spiro atoms. The van der Waals surface area contributed by atoms with Gasteiger partial charge in [0.1, 0.15) is 5.69 Å². The molecule has 2 aromatic rings. The van der Waals surface area contributed by atoms with Gasteiger partial charge in [0.15, 0.2) is 0 Å². The molecule has 15 heteroatoms. The van der Waals surface area contributed by atoms with Gasteiger partial charge in [-0.2, -0.15) is 30.7 Å². The fraction of sp³-hybridized carbons (Fsp3) is 0.231. The molecule has 0 saturated heterocycles. The van der Waals surface area contributed by atoms with Gasteiger partial charge in [-0.05, 0) is 12.1 Å². The summed E-state index contributed by atoms with van der Waals surface area (Å²) in [5.74, 6) is -7.67. The van der Waals surface area contributed by atoms with Crippen LogP contribution < -0.4 is 17.1 Å². The summed E-state index contributed by atoms with van der Waals surface area (Å²) in [6, 6.07) is 1.44. The number of hydrogen-bond donors (Lipinski definition) is 1. The first-order valence-corrected chi connectivity index (χ1v) is 7.79. The van der Waals surface area contributed by atoms with Crippen molar-refractivity contribution in [3.8, 4) is 5.69 Å². The molecule has 0 saturated carbocycles. The predicted octanol–water partition coefficient (Wildman–Crippen LogP) is 3.96. The van der Waals surface area contributed by atoms with Crippen LogP contribution in [0.5, 0.6) is 0 Å². The van der Waals surface area contributed by atoms with Gasteiger partial charge in [-0.3, -0.25) is 4.79 Å². The molecule has 0 radical (unpaired) electrons. The second-order valence-electron chi connectivity index (χ2n) is 5.23. The van der Waals surface area contributed by atoms with Crippen molar-refractivity contribution in [2.75, 3.05) is 5.84 Å². The van der Waals surface area contributed by atoms with Crippen molar-refractivity contribution in [2.24, 2.45) is 0 Å². The quantitative estimate of drug-likeness (QED) is 0.416. The van der Waals surface area contributed by atoms with E-state index in [2.05, 4.69) is 0 Å². The zero-order chi connectivity index (χ0) is 21.8. The first-order chi connectivity index (χ1) is 12.5. The number of rotatable bonds is 3. The second kappa shape index (κ2) is 6.85. The summed E-state index contributed by atoms with van der Waals surface area (Å²) < 4.78 is 90.5. The maximum absolute atomic E-state index is 13.8. The monoisotopic (exact) mass is 473 g/mol. The summed E-state index contributed by atoms with van der Waals surface area (Å²) in [7, 11) is 0. The second-order valence-corrected chi connectivity index (χ2v) is 6.42. The molecule has 1 aromatic carbocycles. The SMILES string of the molecule is Nn1c(C(F)(F)C(F)(F)C(F)(F)F)cc(=O)n(-c2cc(Cl)c(Cl)c(Cl)c2)c1=O. The predicted molar refractivity (Wildman–Crippen MR) is 86.4 cm³/mol. The van der Waals surface area contributed by atoms with Gasteiger partial charge in [0.2, 0.25) is 0 Å². The molecule has 28 heavy (non-hydrogen) atoms. The Kier molecular flexibility index (Phi) is 5.47. The largest absolute Gasteiger partial charge is 0.460 e. The van der Waals surface area contributed by atoms with E-state index in [1.807, 2.05) is 0 Å². The Morgan fingerprint density at radius 2 is 1.32 bits per heavy atom. The Morgan fingerprint density at radius 3 is 1.75 bits per heavy atom. The third-order valence-electron chi connectivity index (χ3n) is 3.44. The summed E-state index contributed by atoms with van der Waals surface area (Å²) in [4.78, 5) is 24.2. The smallest absolute Gasteiger partial charge is 0.335 e. The van der Waals surface area contributed by atoms with Crippen LogP contribution in [0.15, 0.2) is 27.8 Å². The maximum atomic E-state index is 13.8. The van der Waals surface area contributed by atoms with Crippen molar-refractivity contribution in [2.45, 2.75) is 18.0 Å². The Bertz CT molecular complexity index is 1040. The van der Waals surface area contributed by atoms with Crippen molar-refractivity contribution in [1.29, 1.82) is 0 Å². The molecule has 0 bridgehead atoms. The molecule has 2 rings (SSSR count). The molecule has 1 heterocycles. The Hall–Kier alpha value is -1.92. The van der Waals surface area contributed by atoms with Crippen molar-refractivity contribution in [3.63, 3.8) is 0 Å². The van der Waals surface area contributed by atoms with Crippen LogP contribution in [0.2, 0.25) is 15.1 Å². The highest BCUT2D eigenvalue weighted by atomic mass is 35.5. The molecule has 154 valence electrons. The molecule has 5 nitrogen and oxygen atoms in total. The molecule has 2 N–H and O–H groups in total. The average molecular weight is 475 g/mol. The minimum Gasteiger partial charge on any atom is -0.335 e. The van der Waals surface area contributed by atoms with E-state index in [1.54, 1.807) is 0 Å². The number of nitrogens with zero attached hydrogens (tertiary/aromatic N) is 2. The van der Waals surface area contributed by atoms with Gasteiger partial charge in [-0.15, -0.1) is 0 Å². The average Bonchev–Trinajstić information content (AvgIpc) is 2.54. The highest BCUT2D eigenvalue weighted by Crippen LogP contribution is 2.51. The molecular weight excluding hydrogens is 470 g/mol. The van der Waals surface area contributed by atoms with Crippen molar-refractivity contribution in [3.05, 3.63) is 59.8 Å². The lowest BCUT2D eigenvalue weighted by Crippen LogP contribution is -2.54. The number of aromatic nitrogens is 2. The zero-order valence-corrected chi connectivity index (χ0v) is 15.1. The molecule has 0 aliphatic carbocycles. The fourth-order valence-corrected chi connectivity index (χ4v) is 2.63. The molecule has 1 aromatic heterocycles. The van der Waals surface area contributed by atoms with Crippen LogP contribution >= 0.6 is 34.8 Å². The van der Waals surface area contributed by atoms with Gasteiger partial charge in [0.25, 0.3) is 5.56 Å². The normalized spacial score (nSPS) is 13.1. The summed E-state index contributed by atoms with van der Waals surface area (Å²) in [5, 5.41) is -0.754. The summed E-state index contributed by atoms with van der Waals surface area (Å²) in [6.07, 6.45) is -6.70. The molecule has 0 aliphatic rings. The summed E-state index contributed by atoms with van der Waals surface area (Å²) in [5.41, 5.74) is -6.37. The van der Waals surface area contributed by atoms with Crippen LogP contribution in [-0.4, -0.2) is 21.3 Å². The maximum Gasteiger partial charge on any atom is 0.460 e. The van der Waals surface area contributed by atoms with Gasteiger partial charge in [0, 0.05) is 6.07 Å². The molecule has 0 aliphatic heterocycles. The first-order valence-electron chi connectivity index (χ1n) is 6.66. The van der Waals surface area contributed by atoms with E-state index in [1.165, 1.54) is 0 Å². The highest BCUT2D eigenvalue weighted by Gasteiger charge is 2.74. The first kappa shape index (κ1) is 22.4. The van der Waals surface area contributed by atoms with Crippen LogP contribution in [0.25, 0.3) is 5.69 Å². The minimum atomic E-state index is -6.70. The Labute approximate surface area is 164 Å². The van der Waals surface area contributed by atoms with Gasteiger partial charge in [-0.1, -0.05) is 34.8 Å². The summed E-state index contributed by atoms with van der Waals surface area (Å²) in [6.45, 7) is 0. The van der Waals surface area contributed by atoms with Crippen molar-refractivity contribution in [1.82, 2.24) is 9.24 Å². The molecule has 0 unspecified atom stereocenters. The Morgan fingerprint density at radius 1 is 0.857 bits per heavy atom.